The fourth-order valence-electron chi connectivity index (χ4n) is 8.00. The Morgan fingerprint density at radius 1 is 0.491 bits per heavy atom. The van der Waals surface area contributed by atoms with Gasteiger partial charge in [0.2, 0.25) is 0 Å². The van der Waals surface area contributed by atoms with Crippen molar-refractivity contribution >= 4 is 48.7 Å². The molecule has 0 saturated carbocycles. The van der Waals surface area contributed by atoms with Gasteiger partial charge in [-0.15, -0.1) is 0 Å². The lowest BCUT2D eigenvalue weighted by Crippen LogP contribution is -1.93. The van der Waals surface area contributed by atoms with Crippen LogP contribution in [0.1, 0.15) is 31.4 Å². The summed E-state index contributed by atoms with van der Waals surface area (Å²) in [6, 6.07) is 65.9. The third-order valence-corrected chi connectivity index (χ3v) is 10.9. The Morgan fingerprint density at radius 3 is 1.67 bits per heavy atom. The van der Waals surface area contributed by atoms with Crippen LogP contribution < -0.4 is 0 Å². The molecule has 0 nitrogen and oxygen atoms in total. The average molecular weight is 707 g/mol. The van der Waals surface area contributed by atoms with Crippen LogP contribution in [0.3, 0.4) is 0 Å². The van der Waals surface area contributed by atoms with Crippen molar-refractivity contribution < 1.29 is 0 Å². The number of benzene rings is 9. The summed E-state index contributed by atoms with van der Waals surface area (Å²) < 4.78 is 0. The molecule has 0 heterocycles. The van der Waals surface area contributed by atoms with E-state index in [-0.39, 0.29) is 0 Å². The minimum absolute atomic E-state index is 0.496. The third-order valence-electron chi connectivity index (χ3n) is 10.9. The van der Waals surface area contributed by atoms with E-state index in [0.717, 1.165) is 6.42 Å². The first-order valence-corrected chi connectivity index (χ1v) is 19.5. The summed E-state index contributed by atoms with van der Waals surface area (Å²) in [5.41, 5.74) is 11.3. The number of hydrogen-bond donors (Lipinski definition) is 0. The highest BCUT2D eigenvalue weighted by Gasteiger charge is 2.19. The highest BCUT2D eigenvalue weighted by molar-refractivity contribution is 6.24. The Kier molecular flexibility index (Phi) is 10.2. The van der Waals surface area contributed by atoms with E-state index >= 15 is 0 Å². The summed E-state index contributed by atoms with van der Waals surface area (Å²) in [4.78, 5) is 0. The molecule has 0 aliphatic carbocycles. The van der Waals surface area contributed by atoms with Crippen LogP contribution in [-0.4, -0.2) is 0 Å². The highest BCUT2D eigenvalue weighted by atomic mass is 14.2. The van der Waals surface area contributed by atoms with Crippen molar-refractivity contribution in [1.29, 1.82) is 0 Å². The van der Waals surface area contributed by atoms with E-state index in [9.17, 15) is 0 Å². The van der Waals surface area contributed by atoms with Crippen molar-refractivity contribution in [2.75, 3.05) is 0 Å². The first-order chi connectivity index (χ1) is 27.0. The minimum atomic E-state index is 0.496. The summed E-state index contributed by atoms with van der Waals surface area (Å²) >= 11 is 0. The predicted octanol–water partition coefficient (Wildman–Crippen LogP) is 15.9. The van der Waals surface area contributed by atoms with Crippen LogP contribution in [0.15, 0.2) is 201 Å². The highest BCUT2D eigenvalue weighted by Crippen LogP contribution is 2.46. The monoisotopic (exact) mass is 706 g/mol. The molecule has 0 bridgehead atoms. The second-order valence-corrected chi connectivity index (χ2v) is 14.6. The quantitative estimate of drug-likeness (QED) is 0.114. The zero-order valence-electron chi connectivity index (χ0n) is 32.0. The molecule has 0 saturated heterocycles. The molecule has 0 aliphatic rings. The second kappa shape index (κ2) is 15.8. The summed E-state index contributed by atoms with van der Waals surface area (Å²) in [6.07, 6.45) is 5.44. The molecule has 1 unspecified atom stereocenters. The topological polar surface area (TPSA) is 0 Å². The molecule has 0 fully saturated rings. The fraction of sp³-hybridized carbons (Fsp3) is 0.0909. The van der Waals surface area contributed by atoms with E-state index in [1.807, 2.05) is 6.08 Å². The number of allylic oxidation sites excluding steroid dienone is 3. The molecule has 0 spiro atoms. The SMILES string of the molecule is C=C/C(=C\C(C)CC)c1cccc(-c2c3ccccc3c(-c3cccc4c(-c5ccccc5)cccc34)c3ccccc23)c1.Cc1ccc2ccccc2c1. The van der Waals surface area contributed by atoms with Gasteiger partial charge < -0.3 is 0 Å². The van der Waals surface area contributed by atoms with Gasteiger partial charge in [0.05, 0.1) is 0 Å². The second-order valence-electron chi connectivity index (χ2n) is 14.6. The molecule has 9 aromatic carbocycles. The maximum absolute atomic E-state index is 4.15. The normalized spacial score (nSPS) is 12.1. The Balaban J connectivity index is 0.000000332. The van der Waals surface area contributed by atoms with E-state index in [1.54, 1.807) is 0 Å². The smallest absolute Gasteiger partial charge is 0.00201 e. The van der Waals surface area contributed by atoms with Crippen molar-refractivity contribution in [1.82, 2.24) is 0 Å². The zero-order valence-corrected chi connectivity index (χ0v) is 32.0. The van der Waals surface area contributed by atoms with Crippen LogP contribution in [0, 0.1) is 12.8 Å². The molecule has 0 aliphatic heterocycles. The van der Waals surface area contributed by atoms with Gasteiger partial charge in [-0.2, -0.15) is 0 Å². The van der Waals surface area contributed by atoms with Crippen molar-refractivity contribution in [3.05, 3.63) is 212 Å². The number of rotatable bonds is 7. The lowest BCUT2D eigenvalue weighted by atomic mass is 9.83. The van der Waals surface area contributed by atoms with E-state index in [1.165, 1.54) is 93.2 Å². The van der Waals surface area contributed by atoms with Crippen LogP contribution in [0.2, 0.25) is 0 Å². The zero-order chi connectivity index (χ0) is 37.7. The predicted molar refractivity (Wildman–Crippen MR) is 242 cm³/mol. The Morgan fingerprint density at radius 2 is 1.02 bits per heavy atom. The summed E-state index contributed by atoms with van der Waals surface area (Å²) in [5.74, 6) is 0.496. The molecule has 266 valence electrons. The molecule has 0 amide bonds. The van der Waals surface area contributed by atoms with Gasteiger partial charge in [-0.1, -0.05) is 220 Å². The lowest BCUT2D eigenvalue weighted by Gasteiger charge is -2.20. The molecule has 0 radical (unpaired) electrons. The van der Waals surface area contributed by atoms with Gasteiger partial charge in [0.1, 0.15) is 0 Å². The minimum Gasteiger partial charge on any atom is -0.0985 e. The fourth-order valence-corrected chi connectivity index (χ4v) is 8.00. The molecular formula is C55H46. The standard InChI is InChI=1S/C44H36.C11H10/c1-4-30(3)28-31(5-2)33-18-13-19-34(29-33)43-39-20-9-11-22-41(39)44(42-23-12-10-21-40(42)43)38-27-15-25-36-35(24-14-26-37(36)38)32-16-7-6-8-17-32;1-9-6-7-10-4-2-3-5-11(10)8-9/h5-30H,2,4H2,1,3H3;2-8H,1H3/b31-28+;. The summed E-state index contributed by atoms with van der Waals surface area (Å²) in [7, 11) is 0. The molecule has 55 heavy (non-hydrogen) atoms. The molecule has 9 aromatic rings. The average Bonchev–Trinajstić information content (AvgIpc) is 3.24. The first kappa shape index (κ1) is 35.5. The van der Waals surface area contributed by atoms with E-state index < -0.39 is 0 Å². The van der Waals surface area contributed by atoms with Crippen LogP contribution in [0.4, 0.5) is 0 Å². The molecule has 0 heteroatoms. The van der Waals surface area contributed by atoms with Crippen molar-refractivity contribution in [3.8, 4) is 33.4 Å². The summed E-state index contributed by atoms with van der Waals surface area (Å²) in [6.45, 7) is 10.8. The lowest BCUT2D eigenvalue weighted by molar-refractivity contribution is 0.700. The Hall–Kier alpha value is -6.50. The van der Waals surface area contributed by atoms with Crippen LogP contribution in [0.25, 0.3) is 82.0 Å². The van der Waals surface area contributed by atoms with Gasteiger partial charge in [-0.3, -0.25) is 0 Å². The largest absolute Gasteiger partial charge is 0.0985 e. The summed E-state index contributed by atoms with van der Waals surface area (Å²) in [5, 5.41) is 10.2. The van der Waals surface area contributed by atoms with E-state index in [0.29, 0.717) is 5.92 Å². The molecule has 1 atom stereocenters. The maximum Gasteiger partial charge on any atom is -0.00201 e. The van der Waals surface area contributed by atoms with Gasteiger partial charge in [-0.25, -0.2) is 0 Å². The van der Waals surface area contributed by atoms with Crippen molar-refractivity contribution in [2.24, 2.45) is 5.92 Å². The molecular weight excluding hydrogens is 661 g/mol. The number of aryl methyl sites for hydroxylation is 1. The number of hydrogen-bond acceptors (Lipinski definition) is 0. The van der Waals surface area contributed by atoms with Crippen LogP contribution in [-0.2, 0) is 0 Å². The van der Waals surface area contributed by atoms with Crippen LogP contribution in [0.5, 0.6) is 0 Å². The van der Waals surface area contributed by atoms with Gasteiger partial charge in [-0.05, 0) is 107 Å². The number of fused-ring (bicyclic) bond motifs is 4. The van der Waals surface area contributed by atoms with E-state index in [4.69, 9.17) is 0 Å². The molecule has 0 N–H and O–H groups in total. The van der Waals surface area contributed by atoms with Crippen molar-refractivity contribution in [2.45, 2.75) is 27.2 Å². The Labute approximate surface area is 325 Å². The van der Waals surface area contributed by atoms with Gasteiger partial charge in [0.15, 0.2) is 0 Å². The van der Waals surface area contributed by atoms with E-state index in [2.05, 4.69) is 215 Å². The van der Waals surface area contributed by atoms with Gasteiger partial charge >= 0.3 is 0 Å². The maximum atomic E-state index is 4.15. The van der Waals surface area contributed by atoms with Gasteiger partial charge in [0.25, 0.3) is 0 Å². The van der Waals surface area contributed by atoms with Gasteiger partial charge in [0, 0.05) is 0 Å². The first-order valence-electron chi connectivity index (χ1n) is 19.5. The van der Waals surface area contributed by atoms with Crippen molar-refractivity contribution in [3.63, 3.8) is 0 Å². The Bertz CT molecular complexity index is 2780. The van der Waals surface area contributed by atoms with Crippen LogP contribution >= 0.6 is 0 Å². The molecule has 0 aromatic heterocycles. The third kappa shape index (κ3) is 7.12. The molecule has 9 rings (SSSR count).